The lowest BCUT2D eigenvalue weighted by Crippen LogP contribution is -2.52. The highest BCUT2D eigenvalue weighted by Gasteiger charge is 2.54. The van der Waals surface area contributed by atoms with Crippen molar-refractivity contribution in [3.8, 4) is 0 Å². The maximum absolute atomic E-state index is 2.45. The van der Waals surface area contributed by atoms with E-state index in [-0.39, 0.29) is 0 Å². The fourth-order valence-corrected chi connectivity index (χ4v) is 2.38. The van der Waals surface area contributed by atoms with Crippen molar-refractivity contribution in [2.24, 2.45) is 17.3 Å². The third kappa shape index (κ3) is 0.310. The van der Waals surface area contributed by atoms with E-state index >= 15 is 0 Å². The average molecular weight is 110 g/mol. The second kappa shape index (κ2) is 1.12. The molecule has 0 heteroatoms. The van der Waals surface area contributed by atoms with Crippen molar-refractivity contribution in [3.05, 3.63) is 0 Å². The lowest BCUT2D eigenvalue weighted by atomic mass is 9.44. The molecule has 0 aromatic carbocycles. The van der Waals surface area contributed by atoms with Gasteiger partial charge in [-0.1, -0.05) is 13.8 Å². The Kier molecular flexibility index (Phi) is 0.678. The second-order valence-corrected chi connectivity index (χ2v) is 3.88. The van der Waals surface area contributed by atoms with Gasteiger partial charge in [0.05, 0.1) is 0 Å². The van der Waals surface area contributed by atoms with E-state index in [9.17, 15) is 0 Å². The molecular formula is C8H14. The van der Waals surface area contributed by atoms with Crippen molar-refractivity contribution < 1.29 is 0 Å². The van der Waals surface area contributed by atoms with Crippen LogP contribution in [0.25, 0.3) is 0 Å². The molecular weight excluding hydrogens is 96.1 g/mol. The van der Waals surface area contributed by atoms with Crippen LogP contribution in [0.4, 0.5) is 0 Å². The smallest absolute Gasteiger partial charge is 0.0272 e. The molecule has 0 bridgehead atoms. The van der Waals surface area contributed by atoms with Crippen molar-refractivity contribution in [2.75, 3.05) is 0 Å². The van der Waals surface area contributed by atoms with Crippen molar-refractivity contribution in [1.29, 1.82) is 0 Å². The molecule has 2 aliphatic carbocycles. The molecule has 0 aromatic heterocycles. The summed E-state index contributed by atoms with van der Waals surface area (Å²) in [5, 5.41) is 0. The maximum atomic E-state index is 2.45. The van der Waals surface area contributed by atoms with Crippen molar-refractivity contribution in [1.82, 2.24) is 0 Å². The standard InChI is InChI=1S/C8H14/c1-6-5-7-3-4-8(6,7)2/h6-7H,3-5H2,1-2H3. The summed E-state index contributed by atoms with van der Waals surface area (Å²) in [7, 11) is 0. The van der Waals surface area contributed by atoms with Gasteiger partial charge >= 0.3 is 0 Å². The molecule has 0 aromatic rings. The molecule has 8 heavy (non-hydrogen) atoms. The van der Waals surface area contributed by atoms with Crippen molar-refractivity contribution in [2.45, 2.75) is 33.1 Å². The maximum Gasteiger partial charge on any atom is -0.0272 e. The van der Waals surface area contributed by atoms with Crippen molar-refractivity contribution >= 4 is 0 Å². The number of hydrogen-bond donors (Lipinski definition) is 0. The van der Waals surface area contributed by atoms with Crippen LogP contribution < -0.4 is 0 Å². The Morgan fingerprint density at radius 1 is 1.50 bits per heavy atom. The molecule has 0 aliphatic heterocycles. The molecule has 0 saturated heterocycles. The van der Waals surface area contributed by atoms with E-state index in [0.717, 1.165) is 17.3 Å². The molecule has 0 spiro atoms. The molecule has 0 radical (unpaired) electrons. The Morgan fingerprint density at radius 3 is 2.25 bits per heavy atom. The van der Waals surface area contributed by atoms with Gasteiger partial charge in [-0.05, 0) is 36.5 Å². The number of fused-ring (bicyclic) bond motifs is 1. The van der Waals surface area contributed by atoms with Crippen LogP contribution in [0, 0.1) is 17.3 Å². The highest BCUT2D eigenvalue weighted by Crippen LogP contribution is 2.63. The predicted molar refractivity (Wildman–Crippen MR) is 34.6 cm³/mol. The summed E-state index contributed by atoms with van der Waals surface area (Å²) in [6.45, 7) is 4.85. The van der Waals surface area contributed by atoms with Crippen LogP contribution in [0.3, 0.4) is 0 Å². The predicted octanol–water partition coefficient (Wildman–Crippen LogP) is 2.44. The third-order valence-corrected chi connectivity index (χ3v) is 3.73. The summed E-state index contributed by atoms with van der Waals surface area (Å²) in [5.41, 5.74) is 0.819. The van der Waals surface area contributed by atoms with E-state index in [1.54, 1.807) is 0 Å². The summed E-state index contributed by atoms with van der Waals surface area (Å²) in [6, 6.07) is 0. The van der Waals surface area contributed by atoms with Crippen LogP contribution in [0.2, 0.25) is 0 Å². The first kappa shape index (κ1) is 4.84. The van der Waals surface area contributed by atoms with Crippen LogP contribution >= 0.6 is 0 Å². The molecule has 0 heterocycles. The van der Waals surface area contributed by atoms with Crippen LogP contribution in [-0.2, 0) is 0 Å². The lowest BCUT2D eigenvalue weighted by Gasteiger charge is -2.61. The van der Waals surface area contributed by atoms with Crippen molar-refractivity contribution in [3.63, 3.8) is 0 Å². The molecule has 2 fully saturated rings. The molecule has 3 atom stereocenters. The van der Waals surface area contributed by atoms with Gasteiger partial charge < -0.3 is 0 Å². The summed E-state index contributed by atoms with van der Waals surface area (Å²) in [4.78, 5) is 0. The van der Waals surface area contributed by atoms with Crippen LogP contribution in [0.5, 0.6) is 0 Å². The molecule has 46 valence electrons. The van der Waals surface area contributed by atoms with Gasteiger partial charge in [-0.25, -0.2) is 0 Å². The summed E-state index contributed by atoms with van der Waals surface area (Å²) < 4.78 is 0. The minimum atomic E-state index is 0.819. The minimum Gasteiger partial charge on any atom is -0.0620 e. The fourth-order valence-electron chi connectivity index (χ4n) is 2.38. The zero-order chi connectivity index (χ0) is 5.78. The van der Waals surface area contributed by atoms with Gasteiger partial charge in [0.15, 0.2) is 0 Å². The Bertz CT molecular complexity index is 111. The van der Waals surface area contributed by atoms with Crippen LogP contribution in [0.15, 0.2) is 0 Å². The zero-order valence-corrected chi connectivity index (χ0v) is 5.78. The number of rotatable bonds is 0. The Hall–Kier alpha value is 0. The lowest BCUT2D eigenvalue weighted by molar-refractivity contribution is -0.117. The second-order valence-electron chi connectivity index (χ2n) is 3.88. The van der Waals surface area contributed by atoms with Gasteiger partial charge in [0, 0.05) is 0 Å². The first-order valence-electron chi connectivity index (χ1n) is 3.73. The van der Waals surface area contributed by atoms with E-state index < -0.39 is 0 Å². The Morgan fingerprint density at radius 2 is 2.25 bits per heavy atom. The summed E-state index contributed by atoms with van der Waals surface area (Å²) >= 11 is 0. The van der Waals surface area contributed by atoms with Crippen LogP contribution in [-0.4, -0.2) is 0 Å². The van der Waals surface area contributed by atoms with Gasteiger partial charge in [-0.15, -0.1) is 0 Å². The number of hydrogen-bond acceptors (Lipinski definition) is 0. The van der Waals surface area contributed by atoms with Gasteiger partial charge in [-0.3, -0.25) is 0 Å². The van der Waals surface area contributed by atoms with Gasteiger partial charge in [0.1, 0.15) is 0 Å². The molecule has 0 amide bonds. The largest absolute Gasteiger partial charge is 0.0620 e. The first-order chi connectivity index (χ1) is 3.73. The van der Waals surface area contributed by atoms with E-state index in [1.807, 2.05) is 0 Å². The third-order valence-electron chi connectivity index (χ3n) is 3.73. The van der Waals surface area contributed by atoms with Gasteiger partial charge in [0.2, 0.25) is 0 Å². The first-order valence-corrected chi connectivity index (χ1v) is 3.73. The normalized spacial score (nSPS) is 60.8. The van der Waals surface area contributed by atoms with E-state index in [4.69, 9.17) is 0 Å². The summed E-state index contributed by atoms with van der Waals surface area (Å²) in [6.07, 6.45) is 4.57. The van der Waals surface area contributed by atoms with Gasteiger partial charge in [-0.2, -0.15) is 0 Å². The molecule has 0 nitrogen and oxygen atoms in total. The van der Waals surface area contributed by atoms with E-state index in [0.29, 0.717) is 0 Å². The summed E-state index contributed by atoms with van der Waals surface area (Å²) in [5.74, 6) is 2.18. The molecule has 3 unspecified atom stereocenters. The van der Waals surface area contributed by atoms with E-state index in [1.165, 1.54) is 19.3 Å². The Balaban J connectivity index is 2.12. The van der Waals surface area contributed by atoms with Gasteiger partial charge in [0.25, 0.3) is 0 Å². The molecule has 2 rings (SSSR count). The average Bonchev–Trinajstić information content (AvgIpc) is 1.79. The molecule has 2 saturated carbocycles. The highest BCUT2D eigenvalue weighted by atomic mass is 14.6. The fraction of sp³-hybridized carbons (Fsp3) is 1.00. The topological polar surface area (TPSA) is 0 Å². The monoisotopic (exact) mass is 110 g/mol. The molecule has 2 aliphatic rings. The SMILES string of the molecule is CC1CC2CCC12C. The van der Waals surface area contributed by atoms with E-state index in [2.05, 4.69) is 13.8 Å². The quantitative estimate of drug-likeness (QED) is 0.449. The Labute approximate surface area is 51.3 Å². The minimum absolute atomic E-state index is 0.819. The molecule has 0 N–H and O–H groups in total. The zero-order valence-electron chi connectivity index (χ0n) is 5.78. The highest BCUT2D eigenvalue weighted by molar-refractivity contribution is 5.04. The van der Waals surface area contributed by atoms with Crippen LogP contribution in [0.1, 0.15) is 33.1 Å².